The van der Waals surface area contributed by atoms with E-state index in [1.54, 1.807) is 4.90 Å². The topological polar surface area (TPSA) is 57.2 Å². The third-order valence-electron chi connectivity index (χ3n) is 6.81. The molecule has 1 unspecified atom stereocenters. The summed E-state index contributed by atoms with van der Waals surface area (Å²) in [6.45, 7) is 22.9. The molecule has 6 nitrogen and oxygen atoms in total. The summed E-state index contributed by atoms with van der Waals surface area (Å²) in [7, 11) is -5.22. The Hall–Kier alpha value is -1.20. The Bertz CT molecular complexity index is 702. The molecule has 8 heteroatoms. The van der Waals surface area contributed by atoms with Gasteiger partial charge in [-0.15, -0.1) is 0 Å². The maximum atomic E-state index is 13.8. The molecule has 0 aliphatic heterocycles. The molecule has 0 N–H and O–H groups in total. The van der Waals surface area contributed by atoms with E-state index in [1.807, 2.05) is 44.2 Å². The maximum absolute atomic E-state index is 13.8. The number of nitrogens with zero attached hydrogens (tertiary/aromatic N) is 1. The smallest absolute Gasteiger partial charge is 0.501 e. The largest absolute Gasteiger partial charge is 0.502 e. The Morgan fingerprint density at radius 3 is 1.80 bits per heavy atom. The standard InChI is InChI=1S/C27H51NO5Si2/c1-11-25(10)32-34(30-12-2,31-13-3)21-17-20-28(26-18-15-14-16-19-26)27(29)33-35(22(4)5,23(6)7)24(8)9/h14-16,18-19,22-25H,11-13,17,20-21H2,1-10H3. The lowest BCUT2D eigenvalue weighted by molar-refractivity contribution is 0.0368. The number of benzene rings is 1. The predicted molar refractivity (Wildman–Crippen MR) is 151 cm³/mol. The van der Waals surface area contributed by atoms with E-state index in [2.05, 4.69) is 55.4 Å². The Labute approximate surface area is 217 Å². The molecule has 0 radical (unpaired) electrons. The molecule has 0 aliphatic carbocycles. The summed E-state index contributed by atoms with van der Waals surface area (Å²) < 4.78 is 25.2. The van der Waals surface area contributed by atoms with Crippen LogP contribution >= 0.6 is 0 Å². The molecule has 35 heavy (non-hydrogen) atoms. The average molecular weight is 526 g/mol. The van der Waals surface area contributed by atoms with Gasteiger partial charge in [0.15, 0.2) is 0 Å². The minimum Gasteiger partial charge on any atom is -0.502 e. The number of amides is 1. The molecule has 0 saturated carbocycles. The summed E-state index contributed by atoms with van der Waals surface area (Å²) >= 11 is 0. The number of hydrogen-bond donors (Lipinski definition) is 0. The molecular formula is C27H51NO5Si2. The van der Waals surface area contributed by atoms with Crippen molar-refractivity contribution >= 4 is 28.9 Å². The van der Waals surface area contributed by atoms with Crippen LogP contribution in [0.15, 0.2) is 30.3 Å². The van der Waals surface area contributed by atoms with Crippen LogP contribution in [0.4, 0.5) is 10.5 Å². The maximum Gasteiger partial charge on any atom is 0.501 e. The van der Waals surface area contributed by atoms with Gasteiger partial charge in [-0.05, 0) is 62.4 Å². The van der Waals surface area contributed by atoms with Gasteiger partial charge in [0, 0.05) is 37.6 Å². The number of para-hydroxylation sites is 1. The fourth-order valence-corrected chi connectivity index (χ4v) is 13.1. The van der Waals surface area contributed by atoms with Crippen molar-refractivity contribution in [2.75, 3.05) is 24.7 Å². The molecule has 1 rings (SSSR count). The highest BCUT2D eigenvalue weighted by atomic mass is 28.4. The van der Waals surface area contributed by atoms with Gasteiger partial charge in [0.1, 0.15) is 0 Å². The average Bonchev–Trinajstić information content (AvgIpc) is 2.80. The number of rotatable bonds is 16. The first-order valence-corrected chi connectivity index (χ1v) is 17.6. The number of carbonyl (C=O) groups is 1. The molecule has 202 valence electrons. The summed E-state index contributed by atoms with van der Waals surface area (Å²) in [4.78, 5) is 15.5. The van der Waals surface area contributed by atoms with Gasteiger partial charge in [0.2, 0.25) is 0 Å². The highest BCUT2D eigenvalue weighted by Crippen LogP contribution is 2.43. The molecule has 0 aliphatic rings. The minimum absolute atomic E-state index is 0.0599. The first kappa shape index (κ1) is 31.8. The monoisotopic (exact) mass is 525 g/mol. The molecule has 0 heterocycles. The van der Waals surface area contributed by atoms with E-state index in [9.17, 15) is 4.79 Å². The van der Waals surface area contributed by atoms with Crippen molar-refractivity contribution in [1.29, 1.82) is 0 Å². The summed E-state index contributed by atoms with van der Waals surface area (Å²) in [5.74, 6) is 0. The lowest BCUT2D eigenvalue weighted by Gasteiger charge is -2.42. The van der Waals surface area contributed by atoms with Crippen molar-refractivity contribution in [1.82, 2.24) is 0 Å². The van der Waals surface area contributed by atoms with Crippen LogP contribution in [0.2, 0.25) is 22.7 Å². The summed E-state index contributed by atoms with van der Waals surface area (Å²) in [6.07, 6.45) is 1.40. The molecular weight excluding hydrogens is 474 g/mol. The van der Waals surface area contributed by atoms with Gasteiger partial charge in [0.05, 0.1) is 0 Å². The van der Waals surface area contributed by atoms with Gasteiger partial charge < -0.3 is 17.7 Å². The second-order valence-corrected chi connectivity index (χ2v) is 18.2. The molecule has 1 aromatic carbocycles. The first-order valence-electron chi connectivity index (χ1n) is 13.5. The second kappa shape index (κ2) is 15.1. The van der Waals surface area contributed by atoms with Crippen molar-refractivity contribution in [2.45, 2.75) is 111 Å². The zero-order valence-electron chi connectivity index (χ0n) is 23.9. The van der Waals surface area contributed by atoms with Crippen molar-refractivity contribution in [3.8, 4) is 0 Å². The second-order valence-electron chi connectivity index (χ2n) is 10.2. The van der Waals surface area contributed by atoms with Crippen LogP contribution in [0.1, 0.15) is 82.1 Å². The Morgan fingerprint density at radius 1 is 0.857 bits per heavy atom. The Morgan fingerprint density at radius 2 is 1.37 bits per heavy atom. The normalized spacial score (nSPS) is 13.5. The summed E-state index contributed by atoms with van der Waals surface area (Å²) in [6, 6.07) is 10.5. The fraction of sp³-hybridized carbons (Fsp3) is 0.741. The van der Waals surface area contributed by atoms with Crippen molar-refractivity contribution in [2.24, 2.45) is 0 Å². The molecule has 1 aromatic rings. The number of carbonyl (C=O) groups excluding carboxylic acids is 1. The van der Waals surface area contributed by atoms with Gasteiger partial charge in [0.25, 0.3) is 8.32 Å². The Balaban J connectivity index is 3.19. The van der Waals surface area contributed by atoms with Gasteiger partial charge in [-0.2, -0.15) is 0 Å². The molecule has 0 saturated heterocycles. The van der Waals surface area contributed by atoms with E-state index in [4.69, 9.17) is 17.7 Å². The van der Waals surface area contributed by atoms with E-state index in [1.165, 1.54) is 0 Å². The molecule has 0 bridgehead atoms. The quantitative estimate of drug-likeness (QED) is 0.204. The first-order chi connectivity index (χ1) is 16.5. The van der Waals surface area contributed by atoms with E-state index in [-0.39, 0.29) is 12.2 Å². The summed E-state index contributed by atoms with van der Waals surface area (Å²) in [5, 5.41) is 0. The van der Waals surface area contributed by atoms with Crippen LogP contribution in [0.25, 0.3) is 0 Å². The van der Waals surface area contributed by atoms with Gasteiger partial charge >= 0.3 is 14.9 Å². The van der Waals surface area contributed by atoms with Crippen molar-refractivity contribution in [3.63, 3.8) is 0 Å². The van der Waals surface area contributed by atoms with E-state index in [0.717, 1.165) is 12.1 Å². The zero-order chi connectivity index (χ0) is 26.6. The highest BCUT2D eigenvalue weighted by molar-refractivity contribution is 6.79. The third kappa shape index (κ3) is 8.70. The third-order valence-corrected chi connectivity index (χ3v) is 15.9. The van der Waals surface area contributed by atoms with E-state index in [0.29, 0.717) is 48.8 Å². The van der Waals surface area contributed by atoms with Crippen LogP contribution in [0.5, 0.6) is 0 Å². The van der Waals surface area contributed by atoms with E-state index < -0.39 is 17.1 Å². The zero-order valence-corrected chi connectivity index (χ0v) is 25.9. The molecule has 0 fully saturated rings. The molecule has 0 aromatic heterocycles. The number of anilines is 1. The predicted octanol–water partition coefficient (Wildman–Crippen LogP) is 8.02. The highest BCUT2D eigenvalue weighted by Gasteiger charge is 2.49. The SMILES string of the molecule is CCO[Si](CCCN(C(=O)O[Si](C(C)C)(C(C)C)C(C)C)c1ccccc1)(OCC)OC(C)CC. The molecule has 0 spiro atoms. The van der Waals surface area contributed by atoms with Gasteiger partial charge in [-0.1, -0.05) is 66.7 Å². The molecule has 1 amide bonds. The lowest BCUT2D eigenvalue weighted by Crippen LogP contribution is -2.52. The van der Waals surface area contributed by atoms with Gasteiger partial charge in [-0.25, -0.2) is 4.79 Å². The van der Waals surface area contributed by atoms with Crippen LogP contribution in [-0.4, -0.2) is 49.1 Å². The van der Waals surface area contributed by atoms with Crippen molar-refractivity contribution < 1.29 is 22.5 Å². The van der Waals surface area contributed by atoms with Crippen LogP contribution in [-0.2, 0) is 17.7 Å². The van der Waals surface area contributed by atoms with Crippen LogP contribution in [0.3, 0.4) is 0 Å². The van der Waals surface area contributed by atoms with Gasteiger partial charge in [-0.3, -0.25) is 4.90 Å². The summed E-state index contributed by atoms with van der Waals surface area (Å²) in [5.41, 5.74) is 1.82. The van der Waals surface area contributed by atoms with Crippen LogP contribution < -0.4 is 4.90 Å². The lowest BCUT2D eigenvalue weighted by atomic mass is 10.3. The van der Waals surface area contributed by atoms with Crippen LogP contribution in [0, 0.1) is 0 Å². The van der Waals surface area contributed by atoms with Crippen molar-refractivity contribution in [3.05, 3.63) is 30.3 Å². The Kier molecular flexibility index (Phi) is 13.8. The minimum atomic E-state index is -2.85. The number of hydrogen-bond acceptors (Lipinski definition) is 5. The molecule has 1 atom stereocenters. The van der Waals surface area contributed by atoms with E-state index >= 15 is 0 Å². The fourth-order valence-electron chi connectivity index (χ4n) is 5.09.